The first-order valence-corrected chi connectivity index (χ1v) is 5.17. The van der Waals surface area contributed by atoms with Gasteiger partial charge in [-0.15, -0.1) is 0 Å². The highest BCUT2D eigenvalue weighted by molar-refractivity contribution is 5.28. The molecule has 0 aromatic heterocycles. The highest BCUT2D eigenvalue weighted by Crippen LogP contribution is 2.21. The quantitative estimate of drug-likeness (QED) is 0.728. The number of hydrogen-bond acceptors (Lipinski definition) is 3. The minimum absolute atomic E-state index is 0.278. The number of nitrogens with one attached hydrogen (secondary N) is 1. The summed E-state index contributed by atoms with van der Waals surface area (Å²) >= 11 is 0. The molecule has 0 aliphatic rings. The molecule has 0 atom stereocenters. The lowest BCUT2D eigenvalue weighted by molar-refractivity contribution is -0.106. The number of methoxy groups -OCH3 is 2. The van der Waals surface area contributed by atoms with E-state index in [0.29, 0.717) is 0 Å². The maximum atomic E-state index is 5.26. The first kappa shape index (κ1) is 12.2. The van der Waals surface area contributed by atoms with Crippen LogP contribution in [0.2, 0.25) is 0 Å². The zero-order chi connectivity index (χ0) is 11.1. The van der Waals surface area contributed by atoms with Gasteiger partial charge < -0.3 is 14.8 Å². The van der Waals surface area contributed by atoms with Crippen LogP contribution >= 0.6 is 0 Å². The summed E-state index contributed by atoms with van der Waals surface area (Å²) in [6.07, 6.45) is -0.278. The molecule has 1 aromatic carbocycles. The third-order valence-corrected chi connectivity index (χ3v) is 2.30. The highest BCUT2D eigenvalue weighted by atomic mass is 16.7. The lowest BCUT2D eigenvalue weighted by Crippen LogP contribution is -2.15. The van der Waals surface area contributed by atoms with Gasteiger partial charge >= 0.3 is 0 Å². The Hall–Kier alpha value is -0.900. The summed E-state index contributed by atoms with van der Waals surface area (Å²) < 4.78 is 10.5. The Balaban J connectivity index is 2.84. The number of benzene rings is 1. The SMILES string of the molecule is CCNCc1ccccc1C(OC)OC. The predicted octanol–water partition coefficient (Wildman–Crippen LogP) is 2.09. The van der Waals surface area contributed by atoms with Gasteiger partial charge in [0.1, 0.15) is 0 Å². The number of rotatable bonds is 6. The van der Waals surface area contributed by atoms with Gasteiger partial charge in [0.05, 0.1) is 0 Å². The van der Waals surface area contributed by atoms with Crippen molar-refractivity contribution in [2.24, 2.45) is 0 Å². The summed E-state index contributed by atoms with van der Waals surface area (Å²) in [5.74, 6) is 0. The van der Waals surface area contributed by atoms with Crippen molar-refractivity contribution in [1.29, 1.82) is 0 Å². The van der Waals surface area contributed by atoms with Crippen LogP contribution in [0.15, 0.2) is 24.3 Å². The third kappa shape index (κ3) is 3.30. The summed E-state index contributed by atoms with van der Waals surface area (Å²) in [6, 6.07) is 8.14. The first-order chi connectivity index (χ1) is 7.33. The maximum absolute atomic E-state index is 5.26. The molecule has 0 radical (unpaired) electrons. The monoisotopic (exact) mass is 209 g/mol. The van der Waals surface area contributed by atoms with Gasteiger partial charge in [-0.25, -0.2) is 0 Å². The van der Waals surface area contributed by atoms with Crippen LogP contribution in [-0.4, -0.2) is 20.8 Å². The molecule has 3 nitrogen and oxygen atoms in total. The molecule has 1 N–H and O–H groups in total. The van der Waals surface area contributed by atoms with Crippen molar-refractivity contribution in [2.45, 2.75) is 19.8 Å². The van der Waals surface area contributed by atoms with Gasteiger partial charge in [-0.1, -0.05) is 31.2 Å². The molecule has 0 aliphatic heterocycles. The average Bonchev–Trinajstić information content (AvgIpc) is 2.29. The molecule has 1 rings (SSSR count). The Morgan fingerprint density at radius 3 is 2.47 bits per heavy atom. The minimum atomic E-state index is -0.278. The predicted molar refractivity (Wildman–Crippen MR) is 60.6 cm³/mol. The Kier molecular flexibility index (Phi) is 5.32. The van der Waals surface area contributed by atoms with Crippen LogP contribution in [0.3, 0.4) is 0 Å². The van der Waals surface area contributed by atoms with Crippen LogP contribution < -0.4 is 5.32 Å². The van der Waals surface area contributed by atoms with Gasteiger partial charge in [0.15, 0.2) is 6.29 Å². The molecule has 0 bridgehead atoms. The molecule has 0 saturated carbocycles. The minimum Gasteiger partial charge on any atom is -0.352 e. The molecule has 0 amide bonds. The van der Waals surface area contributed by atoms with Gasteiger partial charge in [0.2, 0.25) is 0 Å². The van der Waals surface area contributed by atoms with Crippen molar-refractivity contribution in [3.63, 3.8) is 0 Å². The zero-order valence-electron chi connectivity index (χ0n) is 9.62. The van der Waals surface area contributed by atoms with E-state index in [0.717, 1.165) is 18.7 Å². The van der Waals surface area contributed by atoms with Crippen LogP contribution in [0, 0.1) is 0 Å². The molecule has 15 heavy (non-hydrogen) atoms. The summed E-state index contributed by atoms with van der Waals surface area (Å²) in [5.41, 5.74) is 2.30. The number of hydrogen-bond donors (Lipinski definition) is 1. The van der Waals surface area contributed by atoms with Crippen molar-refractivity contribution in [3.8, 4) is 0 Å². The Labute approximate surface area is 91.4 Å². The summed E-state index contributed by atoms with van der Waals surface area (Å²) in [6.45, 7) is 3.89. The topological polar surface area (TPSA) is 30.5 Å². The van der Waals surface area contributed by atoms with E-state index in [9.17, 15) is 0 Å². The molecule has 0 spiro atoms. The van der Waals surface area contributed by atoms with Crippen molar-refractivity contribution in [1.82, 2.24) is 5.32 Å². The van der Waals surface area contributed by atoms with E-state index in [2.05, 4.69) is 18.3 Å². The van der Waals surface area contributed by atoms with E-state index < -0.39 is 0 Å². The number of ether oxygens (including phenoxy) is 2. The molecule has 0 saturated heterocycles. The second-order valence-corrected chi connectivity index (χ2v) is 3.28. The zero-order valence-corrected chi connectivity index (χ0v) is 9.62. The summed E-state index contributed by atoms with van der Waals surface area (Å²) in [7, 11) is 3.30. The average molecular weight is 209 g/mol. The second kappa shape index (κ2) is 6.56. The largest absolute Gasteiger partial charge is 0.352 e. The van der Waals surface area contributed by atoms with Gasteiger partial charge in [-0.2, -0.15) is 0 Å². The molecule has 84 valence electrons. The fraction of sp³-hybridized carbons (Fsp3) is 0.500. The first-order valence-electron chi connectivity index (χ1n) is 5.17. The molecule has 0 unspecified atom stereocenters. The standard InChI is InChI=1S/C12H19NO2/c1-4-13-9-10-7-5-6-8-11(10)12(14-2)15-3/h5-8,12-13H,4,9H2,1-3H3. The van der Waals surface area contributed by atoms with E-state index in [4.69, 9.17) is 9.47 Å². The highest BCUT2D eigenvalue weighted by Gasteiger charge is 2.12. The summed E-state index contributed by atoms with van der Waals surface area (Å²) in [5, 5.41) is 3.30. The van der Waals surface area contributed by atoms with E-state index in [1.165, 1.54) is 5.56 Å². The van der Waals surface area contributed by atoms with E-state index >= 15 is 0 Å². The summed E-state index contributed by atoms with van der Waals surface area (Å²) in [4.78, 5) is 0. The van der Waals surface area contributed by atoms with Crippen LogP contribution in [0.4, 0.5) is 0 Å². The van der Waals surface area contributed by atoms with Gasteiger partial charge in [0.25, 0.3) is 0 Å². The fourth-order valence-corrected chi connectivity index (χ4v) is 1.53. The van der Waals surface area contributed by atoms with Gasteiger partial charge in [-0.05, 0) is 12.1 Å². The molecule has 0 aliphatic carbocycles. The molecule has 0 fully saturated rings. The second-order valence-electron chi connectivity index (χ2n) is 3.28. The lowest BCUT2D eigenvalue weighted by Gasteiger charge is -2.17. The fourth-order valence-electron chi connectivity index (χ4n) is 1.53. The van der Waals surface area contributed by atoms with Gasteiger partial charge in [0, 0.05) is 26.3 Å². The Bertz CT molecular complexity index is 285. The van der Waals surface area contributed by atoms with Crippen molar-refractivity contribution < 1.29 is 9.47 Å². The van der Waals surface area contributed by atoms with Crippen LogP contribution in [-0.2, 0) is 16.0 Å². The Morgan fingerprint density at radius 1 is 1.20 bits per heavy atom. The lowest BCUT2D eigenvalue weighted by atomic mass is 10.1. The molecular formula is C12H19NO2. The van der Waals surface area contributed by atoms with Gasteiger partial charge in [-0.3, -0.25) is 0 Å². The van der Waals surface area contributed by atoms with Crippen molar-refractivity contribution in [3.05, 3.63) is 35.4 Å². The van der Waals surface area contributed by atoms with E-state index in [1.807, 2.05) is 18.2 Å². The van der Waals surface area contributed by atoms with Crippen molar-refractivity contribution in [2.75, 3.05) is 20.8 Å². The van der Waals surface area contributed by atoms with Crippen molar-refractivity contribution >= 4 is 0 Å². The Morgan fingerprint density at radius 2 is 1.87 bits per heavy atom. The molecule has 3 heteroatoms. The molecular weight excluding hydrogens is 190 g/mol. The van der Waals surface area contributed by atoms with Crippen LogP contribution in [0.5, 0.6) is 0 Å². The molecule has 1 aromatic rings. The van der Waals surface area contributed by atoms with E-state index in [-0.39, 0.29) is 6.29 Å². The maximum Gasteiger partial charge on any atom is 0.183 e. The third-order valence-electron chi connectivity index (χ3n) is 2.30. The van der Waals surface area contributed by atoms with E-state index in [1.54, 1.807) is 14.2 Å². The van der Waals surface area contributed by atoms with Crippen LogP contribution in [0.25, 0.3) is 0 Å². The molecule has 0 heterocycles. The normalized spacial score (nSPS) is 10.9. The smallest absolute Gasteiger partial charge is 0.183 e. The van der Waals surface area contributed by atoms with Crippen LogP contribution in [0.1, 0.15) is 24.3 Å².